The molecule has 0 radical (unpaired) electrons. The monoisotopic (exact) mass is 600 g/mol. The highest BCUT2D eigenvalue weighted by Gasteiger charge is 2.20. The van der Waals surface area contributed by atoms with Gasteiger partial charge in [-0.15, -0.1) is 0 Å². The number of aromatic nitrogens is 2. The van der Waals surface area contributed by atoms with E-state index in [1.54, 1.807) is 12.4 Å². The zero-order valence-corrected chi connectivity index (χ0v) is 26.3. The molecule has 7 N–H and O–H groups in total. The number of nitrogens with one attached hydrogen (secondary N) is 1. The van der Waals surface area contributed by atoms with Crippen molar-refractivity contribution in [2.75, 3.05) is 18.5 Å². The largest absolute Gasteiger partial charge is 0.338 e. The van der Waals surface area contributed by atoms with Crippen LogP contribution in [0.5, 0.6) is 0 Å². The summed E-state index contributed by atoms with van der Waals surface area (Å²) in [6.07, 6.45) is 9.19. The predicted molar refractivity (Wildman–Crippen MR) is 190 cm³/mol. The SMILES string of the molecule is C/C(=C\C(NC(N)CN(c1ccccc1)c1ccccc1-c1ccccc1C)c1cccnc1)c1cccnc1.C=NN.CN. The predicted octanol–water partition coefficient (Wildman–Crippen LogP) is 6.44. The van der Waals surface area contributed by atoms with Gasteiger partial charge >= 0.3 is 0 Å². The van der Waals surface area contributed by atoms with Crippen LogP contribution in [-0.4, -0.2) is 36.4 Å². The Hall–Kier alpha value is -5.15. The highest BCUT2D eigenvalue weighted by Crippen LogP contribution is 2.36. The summed E-state index contributed by atoms with van der Waals surface area (Å²) in [6, 6.07) is 35.4. The van der Waals surface area contributed by atoms with E-state index in [1.165, 1.54) is 23.7 Å². The van der Waals surface area contributed by atoms with Crippen molar-refractivity contribution >= 4 is 23.7 Å². The summed E-state index contributed by atoms with van der Waals surface area (Å²) in [5, 5.41) is 6.42. The van der Waals surface area contributed by atoms with Gasteiger partial charge in [0, 0.05) is 48.4 Å². The lowest BCUT2D eigenvalue weighted by Crippen LogP contribution is -2.47. The van der Waals surface area contributed by atoms with Gasteiger partial charge in [-0.1, -0.05) is 78.9 Å². The van der Waals surface area contributed by atoms with Crippen molar-refractivity contribution < 1.29 is 0 Å². The Kier molecular flexibility index (Phi) is 14.1. The standard InChI is InChI=1S/C35H35N5.CH4N2.CH5N/c1-26-12-6-7-17-31(26)32-18-8-9-19-34(32)40(30-15-4-3-5-16-30)25-35(36)39-33(29-14-11-21-38-24-29)22-27(2)28-13-10-20-37-23-28;1-3-2;1-2/h3-24,33,35,39H,25,36H2,1-2H3;1-2H2;2H2,1H3/b27-22+;;. The third-order valence-corrected chi connectivity index (χ3v) is 7.05. The lowest BCUT2D eigenvalue weighted by Gasteiger charge is -2.32. The maximum absolute atomic E-state index is 6.91. The van der Waals surface area contributed by atoms with E-state index in [2.05, 4.69) is 148 Å². The molecule has 45 heavy (non-hydrogen) atoms. The van der Waals surface area contributed by atoms with Crippen LogP contribution in [0.3, 0.4) is 0 Å². The van der Waals surface area contributed by atoms with E-state index < -0.39 is 0 Å². The van der Waals surface area contributed by atoms with Gasteiger partial charge in [-0.05, 0) is 79.1 Å². The average Bonchev–Trinajstić information content (AvgIpc) is 3.09. The minimum absolute atomic E-state index is 0.131. The smallest absolute Gasteiger partial charge is 0.0738 e. The molecule has 5 aromatic rings. The Balaban J connectivity index is 0.00000104. The molecular weight excluding hydrogens is 556 g/mol. The molecule has 2 unspecified atom stereocenters. The number of allylic oxidation sites excluding steroid dienone is 1. The molecule has 232 valence electrons. The first-order valence-electron chi connectivity index (χ1n) is 14.7. The summed E-state index contributed by atoms with van der Waals surface area (Å²) in [5.74, 6) is 4.36. The fraction of sp³-hybridized carbons (Fsp3) is 0.162. The van der Waals surface area contributed by atoms with Crippen molar-refractivity contribution in [3.63, 3.8) is 0 Å². The topological polar surface area (TPSA) is 131 Å². The fourth-order valence-electron chi connectivity index (χ4n) is 4.99. The summed E-state index contributed by atoms with van der Waals surface area (Å²) in [4.78, 5) is 11.0. The van der Waals surface area contributed by atoms with Crippen LogP contribution in [-0.2, 0) is 0 Å². The zero-order chi connectivity index (χ0) is 32.4. The highest BCUT2D eigenvalue weighted by atomic mass is 15.2. The van der Waals surface area contributed by atoms with Gasteiger partial charge in [-0.25, -0.2) is 0 Å². The van der Waals surface area contributed by atoms with E-state index in [9.17, 15) is 0 Å². The maximum atomic E-state index is 6.91. The van der Waals surface area contributed by atoms with E-state index in [0.29, 0.717) is 6.54 Å². The molecule has 0 fully saturated rings. The van der Waals surface area contributed by atoms with Crippen molar-refractivity contribution in [3.05, 3.63) is 151 Å². The van der Waals surface area contributed by atoms with Gasteiger partial charge in [-0.2, -0.15) is 5.10 Å². The Labute approximate surface area is 267 Å². The average molecular weight is 601 g/mol. The van der Waals surface area contributed by atoms with Crippen LogP contribution in [0.2, 0.25) is 0 Å². The number of anilines is 2. The van der Waals surface area contributed by atoms with Gasteiger partial charge in [0.05, 0.1) is 18.8 Å². The third kappa shape index (κ3) is 9.94. The van der Waals surface area contributed by atoms with Crippen molar-refractivity contribution in [2.24, 2.45) is 22.4 Å². The number of pyridine rings is 2. The number of rotatable bonds is 10. The van der Waals surface area contributed by atoms with Gasteiger partial charge in [0.2, 0.25) is 0 Å². The molecule has 0 amide bonds. The number of aryl methyl sites for hydroxylation is 1. The number of para-hydroxylation sites is 2. The van der Waals surface area contributed by atoms with Gasteiger partial charge < -0.3 is 22.2 Å². The molecule has 0 aliphatic carbocycles. The van der Waals surface area contributed by atoms with Crippen LogP contribution in [0.25, 0.3) is 16.7 Å². The minimum atomic E-state index is -0.353. The quantitative estimate of drug-likeness (QED) is 0.0627. The van der Waals surface area contributed by atoms with Gasteiger partial charge in [0.1, 0.15) is 0 Å². The second kappa shape index (κ2) is 18.5. The number of nitrogens with zero attached hydrogens (tertiary/aromatic N) is 4. The van der Waals surface area contributed by atoms with Crippen LogP contribution in [0.15, 0.2) is 139 Å². The Morgan fingerprint density at radius 2 is 1.44 bits per heavy atom. The number of benzene rings is 3. The van der Waals surface area contributed by atoms with Crippen molar-refractivity contribution in [1.82, 2.24) is 15.3 Å². The van der Waals surface area contributed by atoms with Crippen LogP contribution < -0.4 is 27.5 Å². The Bertz CT molecular complexity index is 1590. The van der Waals surface area contributed by atoms with E-state index in [-0.39, 0.29) is 12.2 Å². The molecule has 5 rings (SSSR count). The van der Waals surface area contributed by atoms with Crippen molar-refractivity contribution in [1.29, 1.82) is 0 Å². The van der Waals surface area contributed by atoms with Crippen LogP contribution >= 0.6 is 0 Å². The molecule has 2 atom stereocenters. The Morgan fingerprint density at radius 3 is 2.07 bits per heavy atom. The van der Waals surface area contributed by atoms with Crippen molar-refractivity contribution in [3.8, 4) is 11.1 Å². The molecular formula is C37H44N8. The molecule has 2 aromatic heterocycles. The first-order valence-corrected chi connectivity index (χ1v) is 14.7. The number of hydrogen-bond acceptors (Lipinski definition) is 8. The third-order valence-electron chi connectivity index (χ3n) is 7.05. The van der Waals surface area contributed by atoms with Crippen LogP contribution in [0.1, 0.15) is 29.7 Å². The maximum Gasteiger partial charge on any atom is 0.0738 e. The summed E-state index contributed by atoms with van der Waals surface area (Å²) in [5.41, 5.74) is 20.5. The molecule has 0 spiro atoms. The highest BCUT2D eigenvalue weighted by molar-refractivity contribution is 5.83. The summed E-state index contributed by atoms with van der Waals surface area (Å²) >= 11 is 0. The van der Waals surface area contributed by atoms with Gasteiger partial charge in [-0.3, -0.25) is 15.3 Å². The summed E-state index contributed by atoms with van der Waals surface area (Å²) < 4.78 is 0. The van der Waals surface area contributed by atoms with Gasteiger partial charge in [0.25, 0.3) is 0 Å². The normalized spacial score (nSPS) is 12.0. The number of nitrogens with two attached hydrogens (primary N) is 3. The minimum Gasteiger partial charge on any atom is -0.338 e. The van der Waals surface area contributed by atoms with E-state index in [0.717, 1.165) is 28.1 Å². The summed E-state index contributed by atoms with van der Waals surface area (Å²) in [7, 11) is 1.50. The first-order chi connectivity index (χ1) is 22.0. The van der Waals surface area contributed by atoms with Gasteiger partial charge in [0.15, 0.2) is 0 Å². The molecule has 0 aliphatic rings. The summed E-state index contributed by atoms with van der Waals surface area (Å²) in [6.45, 7) is 7.70. The zero-order valence-electron chi connectivity index (χ0n) is 26.3. The van der Waals surface area contributed by atoms with E-state index in [4.69, 9.17) is 5.73 Å². The Morgan fingerprint density at radius 1 is 0.844 bits per heavy atom. The van der Waals surface area contributed by atoms with Crippen LogP contribution in [0, 0.1) is 6.92 Å². The van der Waals surface area contributed by atoms with E-state index >= 15 is 0 Å². The first kappa shape index (κ1) is 34.3. The van der Waals surface area contributed by atoms with Crippen molar-refractivity contribution in [2.45, 2.75) is 26.1 Å². The fourth-order valence-corrected chi connectivity index (χ4v) is 4.99. The molecule has 8 heteroatoms. The molecule has 8 nitrogen and oxygen atoms in total. The number of hydrogen-bond donors (Lipinski definition) is 4. The molecule has 0 saturated heterocycles. The number of hydrazone groups is 1. The van der Waals surface area contributed by atoms with Crippen LogP contribution in [0.4, 0.5) is 11.4 Å². The molecule has 0 bridgehead atoms. The van der Waals surface area contributed by atoms with E-state index in [1.807, 2.05) is 30.6 Å². The second-order valence-electron chi connectivity index (χ2n) is 10.1. The molecule has 0 saturated carbocycles. The molecule has 0 aliphatic heterocycles. The second-order valence-corrected chi connectivity index (χ2v) is 10.1. The lowest BCUT2D eigenvalue weighted by molar-refractivity contribution is 0.493. The molecule has 2 heterocycles. The lowest BCUT2D eigenvalue weighted by atomic mass is 9.98. The molecule has 3 aromatic carbocycles.